The second kappa shape index (κ2) is 8.96. The number of carbonyl (C=O) groups excluding carboxylic acids is 1. The third-order valence-corrected chi connectivity index (χ3v) is 5.42. The summed E-state index contributed by atoms with van der Waals surface area (Å²) in [6.07, 6.45) is -3.65. The summed E-state index contributed by atoms with van der Waals surface area (Å²) >= 11 is 0. The molecule has 3 aromatic rings. The van der Waals surface area contributed by atoms with Gasteiger partial charge >= 0.3 is 6.18 Å². The molecule has 178 valence electrons. The first-order chi connectivity index (χ1) is 16.0. The fraction of sp³-hybridized carbons (Fsp3) is 0.320. The molecule has 0 radical (unpaired) electrons. The molecule has 0 unspecified atom stereocenters. The van der Waals surface area contributed by atoms with Gasteiger partial charge in [-0.15, -0.1) is 0 Å². The monoisotopic (exact) mass is 470 g/mol. The molecule has 1 aromatic heterocycles. The second-order valence-corrected chi connectivity index (χ2v) is 8.94. The first-order valence-corrected chi connectivity index (χ1v) is 10.9. The molecular weight excluding hydrogens is 445 g/mol. The molecule has 34 heavy (non-hydrogen) atoms. The molecule has 0 amide bonds. The third-order valence-electron chi connectivity index (χ3n) is 5.42. The summed E-state index contributed by atoms with van der Waals surface area (Å²) < 4.78 is 45.0. The van der Waals surface area contributed by atoms with Crippen molar-refractivity contribution < 1.29 is 22.7 Å². The van der Waals surface area contributed by atoms with Crippen LogP contribution in [0.5, 0.6) is 5.75 Å². The number of rotatable bonds is 6. The summed E-state index contributed by atoms with van der Waals surface area (Å²) in [6, 6.07) is 12.0. The Bertz CT molecular complexity index is 1210. The average molecular weight is 470 g/mol. The SMILES string of the molecule is CCOc1ccc(Nc2nc3c(c(Nc4cccc(C(F)(F)F)c4)n2)C(=O)CC(C)(C)C3)cc1. The van der Waals surface area contributed by atoms with E-state index in [4.69, 9.17) is 4.74 Å². The standard InChI is InChI=1S/C25H25F3N4O2/c1-4-34-18-10-8-16(9-11-18)30-23-31-19-13-24(2,3)14-20(33)21(19)22(32-23)29-17-7-5-6-15(12-17)25(26,27)28/h5-12H,4,13-14H2,1-3H3,(H2,29,30,31,32). The van der Waals surface area contributed by atoms with Gasteiger partial charge in [0.1, 0.15) is 11.6 Å². The number of anilines is 4. The zero-order valence-corrected chi connectivity index (χ0v) is 19.1. The Kier molecular flexibility index (Phi) is 6.20. The number of ether oxygens (including phenoxy) is 1. The minimum Gasteiger partial charge on any atom is -0.494 e. The predicted molar refractivity (Wildman–Crippen MR) is 124 cm³/mol. The van der Waals surface area contributed by atoms with Gasteiger partial charge in [0.05, 0.1) is 23.4 Å². The zero-order chi connectivity index (χ0) is 24.5. The van der Waals surface area contributed by atoms with E-state index in [2.05, 4.69) is 20.6 Å². The maximum absolute atomic E-state index is 13.2. The number of Topliss-reactive ketones (excluding diaryl/α,β-unsaturated/α-hetero) is 1. The number of nitrogens with one attached hydrogen (secondary N) is 2. The lowest BCUT2D eigenvalue weighted by molar-refractivity contribution is -0.137. The van der Waals surface area contributed by atoms with E-state index in [1.165, 1.54) is 12.1 Å². The number of hydrogen-bond donors (Lipinski definition) is 2. The van der Waals surface area contributed by atoms with Gasteiger partial charge in [-0.2, -0.15) is 18.2 Å². The van der Waals surface area contributed by atoms with Gasteiger partial charge in [0.2, 0.25) is 5.95 Å². The maximum atomic E-state index is 13.2. The Hall–Kier alpha value is -3.62. The minimum atomic E-state index is -4.48. The van der Waals surface area contributed by atoms with E-state index in [9.17, 15) is 18.0 Å². The summed E-state index contributed by atoms with van der Waals surface area (Å²) in [5.74, 6) is 0.994. The van der Waals surface area contributed by atoms with Crippen molar-refractivity contribution in [3.8, 4) is 5.75 Å². The minimum absolute atomic E-state index is 0.145. The highest BCUT2D eigenvalue weighted by molar-refractivity contribution is 6.03. The molecule has 0 spiro atoms. The predicted octanol–water partition coefficient (Wildman–Crippen LogP) is 6.54. The van der Waals surface area contributed by atoms with E-state index in [-0.39, 0.29) is 28.7 Å². The molecule has 0 fully saturated rings. The Morgan fingerprint density at radius 1 is 1.00 bits per heavy atom. The molecule has 1 aliphatic rings. The van der Waals surface area contributed by atoms with E-state index < -0.39 is 11.7 Å². The lowest BCUT2D eigenvalue weighted by Gasteiger charge is -2.30. The van der Waals surface area contributed by atoms with E-state index in [1.54, 1.807) is 12.1 Å². The van der Waals surface area contributed by atoms with Gasteiger partial charge < -0.3 is 15.4 Å². The van der Waals surface area contributed by atoms with Gasteiger partial charge in [0, 0.05) is 17.8 Å². The molecule has 0 atom stereocenters. The zero-order valence-electron chi connectivity index (χ0n) is 19.1. The molecule has 0 bridgehead atoms. The van der Waals surface area contributed by atoms with Crippen LogP contribution in [0.3, 0.4) is 0 Å². The van der Waals surface area contributed by atoms with Crippen LogP contribution in [-0.2, 0) is 12.6 Å². The van der Waals surface area contributed by atoms with Crippen LogP contribution in [0, 0.1) is 5.41 Å². The number of benzene rings is 2. The normalized spacial score (nSPS) is 14.9. The lowest BCUT2D eigenvalue weighted by Crippen LogP contribution is -2.29. The molecule has 2 aromatic carbocycles. The van der Waals surface area contributed by atoms with Crippen molar-refractivity contribution in [1.82, 2.24) is 9.97 Å². The molecule has 9 heteroatoms. The fourth-order valence-electron chi connectivity index (χ4n) is 3.95. The highest BCUT2D eigenvalue weighted by Gasteiger charge is 2.35. The summed E-state index contributed by atoms with van der Waals surface area (Å²) in [6.45, 7) is 6.41. The van der Waals surface area contributed by atoms with Crippen molar-refractivity contribution >= 4 is 28.9 Å². The Balaban J connectivity index is 1.72. The first kappa shape index (κ1) is 23.5. The van der Waals surface area contributed by atoms with Crippen molar-refractivity contribution in [1.29, 1.82) is 0 Å². The second-order valence-electron chi connectivity index (χ2n) is 8.94. The average Bonchev–Trinajstić information content (AvgIpc) is 2.73. The number of ketones is 1. The summed E-state index contributed by atoms with van der Waals surface area (Å²) in [7, 11) is 0. The number of fused-ring (bicyclic) bond motifs is 1. The van der Waals surface area contributed by atoms with Crippen molar-refractivity contribution in [2.75, 3.05) is 17.2 Å². The van der Waals surface area contributed by atoms with Crippen molar-refractivity contribution in [3.63, 3.8) is 0 Å². The van der Waals surface area contributed by atoms with Crippen LogP contribution >= 0.6 is 0 Å². The Labute approximate surface area is 195 Å². The van der Waals surface area contributed by atoms with Gasteiger partial charge in [0.25, 0.3) is 0 Å². The van der Waals surface area contributed by atoms with Crippen LogP contribution in [0.25, 0.3) is 0 Å². The Morgan fingerprint density at radius 2 is 1.74 bits per heavy atom. The van der Waals surface area contributed by atoms with Gasteiger partial charge in [-0.3, -0.25) is 4.79 Å². The number of carbonyl (C=O) groups is 1. The summed E-state index contributed by atoms with van der Waals surface area (Å²) in [5.41, 5.74) is 0.673. The lowest BCUT2D eigenvalue weighted by atomic mass is 9.75. The van der Waals surface area contributed by atoms with Crippen molar-refractivity contribution in [2.24, 2.45) is 5.41 Å². The van der Waals surface area contributed by atoms with Gasteiger partial charge in [0.15, 0.2) is 5.78 Å². The third kappa shape index (κ3) is 5.30. The molecular formula is C25H25F3N4O2. The number of alkyl halides is 3. The van der Waals surface area contributed by atoms with E-state index >= 15 is 0 Å². The van der Waals surface area contributed by atoms with Gasteiger partial charge in [-0.25, -0.2) is 4.98 Å². The van der Waals surface area contributed by atoms with Crippen molar-refractivity contribution in [2.45, 2.75) is 39.8 Å². The molecule has 1 aliphatic carbocycles. The number of halogens is 3. The molecule has 0 saturated heterocycles. The van der Waals surface area contributed by atoms with Crippen molar-refractivity contribution in [3.05, 3.63) is 65.4 Å². The largest absolute Gasteiger partial charge is 0.494 e. The number of nitrogens with zero attached hydrogens (tertiary/aromatic N) is 2. The Morgan fingerprint density at radius 3 is 2.41 bits per heavy atom. The van der Waals surface area contributed by atoms with Crippen LogP contribution < -0.4 is 15.4 Å². The van der Waals surface area contributed by atoms with Gasteiger partial charge in [-0.05, 0) is 61.2 Å². The van der Waals surface area contributed by atoms with Crippen LogP contribution in [0.4, 0.5) is 36.3 Å². The van der Waals surface area contributed by atoms with E-state index in [1.807, 2.05) is 32.9 Å². The van der Waals surface area contributed by atoms with Crippen LogP contribution in [0.2, 0.25) is 0 Å². The molecule has 0 aliphatic heterocycles. The van der Waals surface area contributed by atoms with E-state index in [0.29, 0.717) is 36.4 Å². The molecule has 0 saturated carbocycles. The first-order valence-electron chi connectivity index (χ1n) is 10.9. The topological polar surface area (TPSA) is 76.1 Å². The molecule has 6 nitrogen and oxygen atoms in total. The summed E-state index contributed by atoms with van der Waals surface area (Å²) in [4.78, 5) is 22.0. The van der Waals surface area contributed by atoms with Crippen LogP contribution in [-0.4, -0.2) is 22.4 Å². The smallest absolute Gasteiger partial charge is 0.416 e. The quantitative estimate of drug-likeness (QED) is 0.426. The molecule has 4 rings (SSSR count). The summed E-state index contributed by atoms with van der Waals surface area (Å²) in [5, 5.41) is 6.04. The number of aromatic nitrogens is 2. The van der Waals surface area contributed by atoms with Crippen LogP contribution in [0.15, 0.2) is 48.5 Å². The maximum Gasteiger partial charge on any atom is 0.416 e. The highest BCUT2D eigenvalue weighted by Crippen LogP contribution is 2.38. The number of hydrogen-bond acceptors (Lipinski definition) is 6. The van der Waals surface area contributed by atoms with Gasteiger partial charge in [-0.1, -0.05) is 19.9 Å². The molecule has 1 heterocycles. The van der Waals surface area contributed by atoms with Crippen LogP contribution in [0.1, 0.15) is 48.8 Å². The van der Waals surface area contributed by atoms with E-state index in [0.717, 1.165) is 17.9 Å². The molecule has 2 N–H and O–H groups in total. The fourth-order valence-corrected chi connectivity index (χ4v) is 3.95. The highest BCUT2D eigenvalue weighted by atomic mass is 19.4.